The van der Waals surface area contributed by atoms with E-state index in [-0.39, 0.29) is 30.0 Å². The van der Waals surface area contributed by atoms with E-state index in [1.807, 2.05) is 30.3 Å². The van der Waals surface area contributed by atoms with E-state index in [2.05, 4.69) is 15.6 Å². The van der Waals surface area contributed by atoms with Gasteiger partial charge in [0, 0.05) is 31.1 Å². The van der Waals surface area contributed by atoms with Gasteiger partial charge < -0.3 is 20.2 Å². The predicted molar refractivity (Wildman–Crippen MR) is 88.6 cm³/mol. The lowest BCUT2D eigenvalue weighted by atomic mass is 10.1. The number of nitrogens with one attached hydrogen (secondary N) is 2. The molecule has 23 heavy (non-hydrogen) atoms. The van der Waals surface area contributed by atoms with Crippen molar-refractivity contribution in [1.29, 1.82) is 0 Å². The molecule has 1 aliphatic heterocycles. The van der Waals surface area contributed by atoms with Crippen LogP contribution in [0.4, 0.5) is 0 Å². The number of carbonyl (C=O) groups excluding carboxylic acids is 1. The summed E-state index contributed by atoms with van der Waals surface area (Å²) in [7, 11) is 0. The molecule has 0 radical (unpaired) electrons. The minimum Gasteiger partial charge on any atom is -0.431 e. The van der Waals surface area contributed by atoms with Gasteiger partial charge >= 0.3 is 0 Å². The number of nitrogens with zero attached hydrogens (tertiary/aromatic N) is 1. The van der Waals surface area contributed by atoms with Crippen molar-refractivity contribution in [2.45, 2.75) is 13.0 Å². The van der Waals surface area contributed by atoms with Gasteiger partial charge in [0.1, 0.15) is 0 Å². The van der Waals surface area contributed by atoms with Crippen LogP contribution < -0.4 is 10.6 Å². The number of hydrogen-bond donors (Lipinski definition) is 3. The lowest BCUT2D eigenvalue weighted by Crippen LogP contribution is -2.34. The van der Waals surface area contributed by atoms with Crippen LogP contribution in [-0.4, -0.2) is 41.7 Å². The van der Waals surface area contributed by atoms with Crippen LogP contribution in [-0.2, 0) is 0 Å². The zero-order valence-corrected chi connectivity index (χ0v) is 13.6. The number of rotatable bonds is 4. The van der Waals surface area contributed by atoms with Crippen LogP contribution in [0.15, 0.2) is 34.7 Å². The highest BCUT2D eigenvalue weighted by atomic mass is 35.5. The van der Waals surface area contributed by atoms with Gasteiger partial charge in [0.15, 0.2) is 0 Å². The molecule has 1 amide bonds. The minimum atomic E-state index is -0.420. The Labute approximate surface area is 140 Å². The van der Waals surface area contributed by atoms with Gasteiger partial charge in [-0.05, 0) is 19.1 Å². The second-order valence-electron chi connectivity index (χ2n) is 5.50. The molecule has 2 heterocycles. The molecule has 124 valence electrons. The van der Waals surface area contributed by atoms with Gasteiger partial charge in [0.05, 0.1) is 11.8 Å². The molecular formula is C16H20ClN3O3. The largest absolute Gasteiger partial charge is 0.431 e. The highest BCUT2D eigenvalue weighted by Crippen LogP contribution is 2.21. The van der Waals surface area contributed by atoms with Gasteiger partial charge in [-0.3, -0.25) is 4.79 Å². The van der Waals surface area contributed by atoms with Crippen molar-refractivity contribution in [2.75, 3.05) is 19.6 Å². The minimum absolute atomic E-state index is 0. The first-order chi connectivity index (χ1) is 10.6. The summed E-state index contributed by atoms with van der Waals surface area (Å²) in [6.45, 7) is 3.43. The quantitative estimate of drug-likeness (QED) is 0.784. The summed E-state index contributed by atoms with van der Waals surface area (Å²) in [5, 5.41) is 15.6. The second-order valence-corrected chi connectivity index (χ2v) is 5.50. The van der Waals surface area contributed by atoms with Crippen molar-refractivity contribution in [1.82, 2.24) is 15.6 Å². The molecule has 1 aliphatic rings. The average molecular weight is 338 g/mol. The monoisotopic (exact) mass is 337 g/mol. The molecule has 0 spiro atoms. The van der Waals surface area contributed by atoms with Crippen LogP contribution in [0.3, 0.4) is 0 Å². The number of hydrogen-bond acceptors (Lipinski definition) is 5. The van der Waals surface area contributed by atoms with Crippen LogP contribution >= 0.6 is 12.4 Å². The van der Waals surface area contributed by atoms with E-state index in [0.29, 0.717) is 31.2 Å². The van der Waals surface area contributed by atoms with Crippen molar-refractivity contribution in [3.05, 3.63) is 41.8 Å². The fraction of sp³-hybridized carbons (Fsp3) is 0.375. The van der Waals surface area contributed by atoms with Gasteiger partial charge in [0.25, 0.3) is 5.91 Å². The molecule has 0 aliphatic carbocycles. The molecule has 0 bridgehead atoms. The molecule has 1 aromatic carbocycles. The Balaban J connectivity index is 0.00000192. The van der Waals surface area contributed by atoms with Gasteiger partial charge in [-0.25, -0.2) is 4.98 Å². The van der Waals surface area contributed by atoms with Crippen molar-refractivity contribution < 1.29 is 14.3 Å². The number of benzene rings is 1. The van der Waals surface area contributed by atoms with Gasteiger partial charge in [0.2, 0.25) is 11.7 Å². The Morgan fingerprint density at radius 1 is 1.39 bits per heavy atom. The maximum absolute atomic E-state index is 12.2. The van der Waals surface area contributed by atoms with Crippen molar-refractivity contribution in [2.24, 2.45) is 5.92 Å². The van der Waals surface area contributed by atoms with E-state index in [1.165, 1.54) is 0 Å². The van der Waals surface area contributed by atoms with Crippen molar-refractivity contribution >= 4 is 18.3 Å². The first kappa shape index (κ1) is 17.5. The number of carbonyl (C=O) groups is 1. The fourth-order valence-electron chi connectivity index (χ4n) is 2.54. The number of halogens is 1. The fourth-order valence-corrected chi connectivity index (χ4v) is 2.54. The highest BCUT2D eigenvalue weighted by Gasteiger charge is 2.26. The lowest BCUT2D eigenvalue weighted by Gasteiger charge is -2.13. The third kappa shape index (κ3) is 3.90. The molecule has 2 aromatic rings. The van der Waals surface area contributed by atoms with Crippen molar-refractivity contribution in [3.8, 4) is 11.5 Å². The van der Waals surface area contributed by atoms with Crippen LogP contribution in [0.1, 0.15) is 16.2 Å². The molecule has 1 aromatic heterocycles. The van der Waals surface area contributed by atoms with Crippen molar-refractivity contribution in [3.63, 3.8) is 0 Å². The van der Waals surface area contributed by atoms with E-state index in [9.17, 15) is 9.90 Å². The number of aromatic nitrogens is 1. The van der Waals surface area contributed by atoms with E-state index in [0.717, 1.165) is 5.56 Å². The molecule has 3 rings (SSSR count). The molecule has 3 N–H and O–H groups in total. The Morgan fingerprint density at radius 2 is 2.13 bits per heavy atom. The number of aryl methyl sites for hydroxylation is 1. The third-order valence-corrected chi connectivity index (χ3v) is 3.85. The maximum Gasteiger partial charge on any atom is 0.289 e. The van der Waals surface area contributed by atoms with E-state index in [1.54, 1.807) is 6.92 Å². The van der Waals surface area contributed by atoms with Gasteiger partial charge in [-0.2, -0.15) is 0 Å². The SMILES string of the molecule is Cc1nc(-c2ccccc2)oc1C(=O)NCC1CNCC1O.Cl. The normalized spacial score (nSPS) is 20.1. The molecule has 2 atom stereocenters. The number of aliphatic hydroxyl groups excluding tert-OH is 1. The molecule has 7 heteroatoms. The highest BCUT2D eigenvalue weighted by molar-refractivity contribution is 5.92. The molecule has 6 nitrogen and oxygen atoms in total. The third-order valence-electron chi connectivity index (χ3n) is 3.85. The summed E-state index contributed by atoms with van der Waals surface area (Å²) in [5.74, 6) is 0.386. The molecule has 0 saturated carbocycles. The molecule has 1 fully saturated rings. The zero-order valence-electron chi connectivity index (χ0n) is 12.8. The summed E-state index contributed by atoms with van der Waals surface area (Å²) in [4.78, 5) is 16.5. The first-order valence-electron chi connectivity index (χ1n) is 7.35. The van der Waals surface area contributed by atoms with Crippen LogP contribution in [0.2, 0.25) is 0 Å². The molecule has 2 unspecified atom stereocenters. The van der Waals surface area contributed by atoms with Crippen LogP contribution in [0.5, 0.6) is 0 Å². The second kappa shape index (κ2) is 7.59. The topological polar surface area (TPSA) is 87.4 Å². The van der Waals surface area contributed by atoms with E-state index < -0.39 is 6.10 Å². The Morgan fingerprint density at radius 3 is 2.78 bits per heavy atom. The predicted octanol–water partition coefficient (Wildman–Crippen LogP) is 1.38. The van der Waals surface area contributed by atoms with Gasteiger partial charge in [-0.15, -0.1) is 12.4 Å². The van der Waals surface area contributed by atoms with Crippen LogP contribution in [0.25, 0.3) is 11.5 Å². The summed E-state index contributed by atoms with van der Waals surface area (Å²) in [5.41, 5.74) is 1.39. The van der Waals surface area contributed by atoms with Gasteiger partial charge in [-0.1, -0.05) is 18.2 Å². The number of β-amino-alcohol motifs (C(OH)–C–C–N with tert-alkyl or cyclic N) is 1. The van der Waals surface area contributed by atoms with Crippen LogP contribution in [0, 0.1) is 12.8 Å². The molecular weight excluding hydrogens is 318 g/mol. The zero-order chi connectivity index (χ0) is 15.5. The Hall–Kier alpha value is -1.89. The Bertz CT molecular complexity index is 660. The summed E-state index contributed by atoms with van der Waals surface area (Å²) in [6.07, 6.45) is -0.420. The summed E-state index contributed by atoms with van der Waals surface area (Å²) >= 11 is 0. The maximum atomic E-state index is 12.2. The summed E-state index contributed by atoms with van der Waals surface area (Å²) in [6, 6.07) is 9.46. The van der Waals surface area contributed by atoms with E-state index in [4.69, 9.17) is 4.42 Å². The standard InChI is InChI=1S/C16H19N3O3.ClH/c1-10-14(15(21)18-8-12-7-17-9-13(12)20)22-16(19-10)11-5-3-2-4-6-11;/h2-6,12-13,17,20H,7-9H2,1H3,(H,18,21);1H. The number of oxazole rings is 1. The first-order valence-corrected chi connectivity index (χ1v) is 7.35. The van der Waals surface area contributed by atoms with E-state index >= 15 is 0 Å². The smallest absolute Gasteiger partial charge is 0.289 e. The molecule has 1 saturated heterocycles. The summed E-state index contributed by atoms with van der Waals surface area (Å²) < 4.78 is 5.60. The lowest BCUT2D eigenvalue weighted by molar-refractivity contribution is 0.0900. The average Bonchev–Trinajstić information content (AvgIpc) is 3.12. The number of amides is 1. The Kier molecular flexibility index (Phi) is 5.76. The number of aliphatic hydroxyl groups is 1.